The number of benzene rings is 1. The zero-order valence-electron chi connectivity index (χ0n) is 12.2. The van der Waals surface area contributed by atoms with Gasteiger partial charge in [0.2, 0.25) is 10.0 Å². The van der Waals surface area contributed by atoms with Crippen LogP contribution in [-0.4, -0.2) is 36.4 Å². The number of carboxylic acids is 1. The first kappa shape index (κ1) is 17.1. The van der Waals surface area contributed by atoms with E-state index in [1.54, 1.807) is 20.8 Å². The number of aliphatic carboxylic acids is 1. The smallest absolute Gasteiger partial charge is 0.304 e. The van der Waals surface area contributed by atoms with Gasteiger partial charge in [-0.05, 0) is 37.6 Å². The molecule has 21 heavy (non-hydrogen) atoms. The maximum atomic E-state index is 12.7. The van der Waals surface area contributed by atoms with E-state index >= 15 is 0 Å². The van der Waals surface area contributed by atoms with E-state index in [9.17, 15) is 13.2 Å². The van der Waals surface area contributed by atoms with E-state index in [0.717, 1.165) is 4.31 Å². The van der Waals surface area contributed by atoms with Crippen LogP contribution in [0.5, 0.6) is 0 Å². The predicted molar refractivity (Wildman–Crippen MR) is 77.2 cm³/mol. The van der Waals surface area contributed by atoms with E-state index in [0.29, 0.717) is 11.1 Å². The molecule has 7 heteroatoms. The standard InChI is InChI=1S/C14H18N2O4S/c1-4-16(11(3)8-14(17)18)21(19,20)13-6-5-12(9-15)7-10(13)2/h5-7,11H,4,8H2,1-3H3,(H,17,18). The van der Waals surface area contributed by atoms with Crippen LogP contribution >= 0.6 is 0 Å². The molecule has 1 aromatic rings. The molecule has 1 unspecified atom stereocenters. The van der Waals surface area contributed by atoms with E-state index in [-0.39, 0.29) is 17.9 Å². The van der Waals surface area contributed by atoms with Gasteiger partial charge in [0.1, 0.15) is 0 Å². The van der Waals surface area contributed by atoms with Gasteiger partial charge in [0.15, 0.2) is 0 Å². The van der Waals surface area contributed by atoms with Gasteiger partial charge in [-0.2, -0.15) is 9.57 Å². The molecule has 1 aromatic carbocycles. The summed E-state index contributed by atoms with van der Waals surface area (Å²) in [7, 11) is -3.79. The molecule has 0 bridgehead atoms. The summed E-state index contributed by atoms with van der Waals surface area (Å²) in [6.45, 7) is 5.02. The van der Waals surface area contributed by atoms with Crippen LogP contribution in [0.3, 0.4) is 0 Å². The second-order valence-electron chi connectivity index (χ2n) is 4.75. The quantitative estimate of drug-likeness (QED) is 0.863. The van der Waals surface area contributed by atoms with Gasteiger partial charge in [-0.1, -0.05) is 6.92 Å². The minimum atomic E-state index is -3.79. The van der Waals surface area contributed by atoms with Gasteiger partial charge < -0.3 is 5.11 Å². The van der Waals surface area contributed by atoms with Crippen molar-refractivity contribution in [3.05, 3.63) is 29.3 Å². The highest BCUT2D eigenvalue weighted by atomic mass is 32.2. The summed E-state index contributed by atoms with van der Waals surface area (Å²) in [4.78, 5) is 10.9. The Kier molecular flexibility index (Phi) is 5.47. The molecule has 0 radical (unpaired) electrons. The third-order valence-corrected chi connectivity index (χ3v) is 5.41. The SMILES string of the molecule is CCN(C(C)CC(=O)O)S(=O)(=O)c1ccc(C#N)cc1C. The maximum absolute atomic E-state index is 12.7. The summed E-state index contributed by atoms with van der Waals surface area (Å²) in [5.41, 5.74) is 0.850. The highest BCUT2D eigenvalue weighted by Gasteiger charge is 2.30. The van der Waals surface area contributed by atoms with Crippen LogP contribution in [0.15, 0.2) is 23.1 Å². The summed E-state index contributed by atoms with van der Waals surface area (Å²) >= 11 is 0. The van der Waals surface area contributed by atoms with Gasteiger partial charge in [-0.25, -0.2) is 8.42 Å². The maximum Gasteiger partial charge on any atom is 0.304 e. The Bertz CT molecular complexity index is 677. The van der Waals surface area contributed by atoms with Crippen molar-refractivity contribution in [3.63, 3.8) is 0 Å². The number of hydrogen-bond acceptors (Lipinski definition) is 4. The summed E-state index contributed by atoms with van der Waals surface area (Å²) in [6, 6.07) is 5.64. The van der Waals surface area contributed by atoms with Crippen molar-refractivity contribution < 1.29 is 18.3 Å². The lowest BCUT2D eigenvalue weighted by atomic mass is 10.2. The van der Waals surface area contributed by atoms with E-state index < -0.39 is 22.0 Å². The Morgan fingerprint density at radius 3 is 2.52 bits per heavy atom. The van der Waals surface area contributed by atoms with Crippen LogP contribution < -0.4 is 0 Å². The number of hydrogen-bond donors (Lipinski definition) is 1. The zero-order valence-corrected chi connectivity index (χ0v) is 13.0. The number of sulfonamides is 1. The van der Waals surface area contributed by atoms with Crippen LogP contribution in [0, 0.1) is 18.3 Å². The molecule has 0 saturated heterocycles. The lowest BCUT2D eigenvalue weighted by molar-refractivity contribution is -0.137. The summed E-state index contributed by atoms with van der Waals surface area (Å²) in [5, 5.41) is 17.7. The summed E-state index contributed by atoms with van der Waals surface area (Å²) in [6.07, 6.45) is -0.262. The van der Waals surface area contributed by atoms with Crippen molar-refractivity contribution in [2.75, 3.05) is 6.54 Å². The monoisotopic (exact) mass is 310 g/mol. The molecule has 0 amide bonds. The highest BCUT2D eigenvalue weighted by Crippen LogP contribution is 2.23. The molecule has 1 N–H and O–H groups in total. The van der Waals surface area contributed by atoms with Crippen LogP contribution in [0.25, 0.3) is 0 Å². The first-order chi connectivity index (χ1) is 9.73. The normalized spacial score (nSPS) is 12.9. The Hall–Kier alpha value is -1.91. The topological polar surface area (TPSA) is 98.5 Å². The number of carboxylic acid groups (broad SMARTS) is 1. The molecule has 1 rings (SSSR count). The van der Waals surface area contributed by atoms with Gasteiger partial charge in [0.25, 0.3) is 0 Å². The van der Waals surface area contributed by atoms with E-state index in [1.165, 1.54) is 18.2 Å². The second kappa shape index (κ2) is 6.70. The Morgan fingerprint density at radius 1 is 1.48 bits per heavy atom. The van der Waals surface area contributed by atoms with Crippen LogP contribution in [0.1, 0.15) is 31.4 Å². The fraction of sp³-hybridized carbons (Fsp3) is 0.429. The predicted octanol–water partition coefficient (Wildman–Crippen LogP) is 1.74. The second-order valence-corrected chi connectivity index (χ2v) is 6.61. The number of nitriles is 1. The number of carbonyl (C=O) groups is 1. The molecule has 0 aliphatic carbocycles. The van der Waals surface area contributed by atoms with Crippen molar-refractivity contribution in [2.24, 2.45) is 0 Å². The third-order valence-electron chi connectivity index (χ3n) is 3.16. The molecular weight excluding hydrogens is 292 g/mol. The van der Waals surface area contributed by atoms with Crippen LogP contribution in [-0.2, 0) is 14.8 Å². The average Bonchev–Trinajstić information content (AvgIpc) is 2.37. The van der Waals surface area contributed by atoms with Crippen LogP contribution in [0.2, 0.25) is 0 Å². The van der Waals surface area contributed by atoms with Crippen molar-refractivity contribution in [3.8, 4) is 6.07 Å². The number of rotatable bonds is 6. The molecule has 0 saturated carbocycles. The molecule has 0 aromatic heterocycles. The molecule has 6 nitrogen and oxygen atoms in total. The Labute approximate surface area is 124 Å². The van der Waals surface area contributed by atoms with Crippen molar-refractivity contribution in [2.45, 2.75) is 38.1 Å². The fourth-order valence-corrected chi connectivity index (χ4v) is 4.05. The Balaban J connectivity index is 3.25. The minimum absolute atomic E-state index is 0.0978. The fourth-order valence-electron chi connectivity index (χ4n) is 2.21. The van der Waals surface area contributed by atoms with Gasteiger partial charge in [-0.3, -0.25) is 4.79 Å². The molecule has 0 aliphatic rings. The summed E-state index contributed by atoms with van der Waals surface area (Å²) in [5.74, 6) is -1.05. The lowest BCUT2D eigenvalue weighted by Gasteiger charge is -2.26. The number of aryl methyl sites for hydroxylation is 1. The highest BCUT2D eigenvalue weighted by molar-refractivity contribution is 7.89. The molecule has 0 fully saturated rings. The molecule has 0 aliphatic heterocycles. The minimum Gasteiger partial charge on any atom is -0.481 e. The molecule has 0 spiro atoms. The third kappa shape index (κ3) is 3.80. The lowest BCUT2D eigenvalue weighted by Crippen LogP contribution is -2.39. The Morgan fingerprint density at radius 2 is 2.10 bits per heavy atom. The molecule has 1 atom stereocenters. The van der Waals surface area contributed by atoms with Gasteiger partial charge in [0, 0.05) is 12.6 Å². The van der Waals surface area contributed by atoms with E-state index in [2.05, 4.69) is 0 Å². The van der Waals surface area contributed by atoms with Crippen molar-refractivity contribution in [1.82, 2.24) is 4.31 Å². The molecule has 0 heterocycles. The number of nitrogens with zero attached hydrogens (tertiary/aromatic N) is 2. The average molecular weight is 310 g/mol. The van der Waals surface area contributed by atoms with E-state index in [1.807, 2.05) is 6.07 Å². The largest absolute Gasteiger partial charge is 0.481 e. The van der Waals surface area contributed by atoms with E-state index in [4.69, 9.17) is 10.4 Å². The molecular formula is C14H18N2O4S. The van der Waals surface area contributed by atoms with Crippen LogP contribution in [0.4, 0.5) is 0 Å². The summed E-state index contributed by atoms with van der Waals surface area (Å²) < 4.78 is 26.5. The van der Waals surface area contributed by atoms with Gasteiger partial charge in [-0.15, -0.1) is 0 Å². The first-order valence-electron chi connectivity index (χ1n) is 6.48. The van der Waals surface area contributed by atoms with Gasteiger partial charge in [0.05, 0.1) is 22.9 Å². The van der Waals surface area contributed by atoms with Crippen molar-refractivity contribution in [1.29, 1.82) is 5.26 Å². The van der Waals surface area contributed by atoms with Crippen molar-refractivity contribution >= 4 is 16.0 Å². The van der Waals surface area contributed by atoms with Gasteiger partial charge >= 0.3 is 5.97 Å². The molecule has 114 valence electrons. The first-order valence-corrected chi connectivity index (χ1v) is 7.92. The zero-order chi connectivity index (χ0) is 16.2.